The largest absolute Gasteiger partial charge is 0.379 e. The van der Waals surface area contributed by atoms with Gasteiger partial charge >= 0.3 is 0 Å². The normalized spacial score (nSPS) is 16.5. The molecular weight excluding hydrogens is 378 g/mol. The highest BCUT2D eigenvalue weighted by molar-refractivity contribution is 5.79. The molecule has 0 bridgehead atoms. The maximum atomic E-state index is 13.0. The fraction of sp³-hybridized carbons (Fsp3) is 0.417. The molecule has 160 valence electrons. The Kier molecular flexibility index (Phi) is 7.99. The van der Waals surface area contributed by atoms with Crippen LogP contribution in [-0.4, -0.2) is 49.6 Å². The number of amides is 2. The lowest BCUT2D eigenvalue weighted by atomic mass is 10.0. The molecule has 2 aromatic rings. The van der Waals surface area contributed by atoms with Gasteiger partial charge in [-0.15, -0.1) is 0 Å². The minimum Gasteiger partial charge on any atom is -0.379 e. The number of hydrogen-bond acceptors (Lipinski definition) is 4. The molecular formula is C24H31N3O3. The van der Waals surface area contributed by atoms with Crippen LogP contribution < -0.4 is 10.6 Å². The Hall–Kier alpha value is -2.70. The van der Waals surface area contributed by atoms with Crippen LogP contribution >= 0.6 is 0 Å². The Bertz CT molecular complexity index is 817. The van der Waals surface area contributed by atoms with Crippen molar-refractivity contribution >= 4 is 11.8 Å². The third-order valence-electron chi connectivity index (χ3n) is 5.33. The summed E-state index contributed by atoms with van der Waals surface area (Å²) in [5.41, 5.74) is 3.14. The molecule has 2 aromatic carbocycles. The van der Waals surface area contributed by atoms with Crippen LogP contribution in [0, 0.1) is 6.92 Å². The second-order valence-electron chi connectivity index (χ2n) is 7.81. The van der Waals surface area contributed by atoms with Crippen molar-refractivity contribution in [3.8, 4) is 0 Å². The fourth-order valence-electron chi connectivity index (χ4n) is 3.70. The molecule has 1 fully saturated rings. The number of rotatable bonds is 8. The van der Waals surface area contributed by atoms with Gasteiger partial charge in [0.15, 0.2) is 0 Å². The van der Waals surface area contributed by atoms with Crippen LogP contribution in [0.15, 0.2) is 54.6 Å². The molecule has 1 heterocycles. The molecule has 0 saturated carbocycles. The van der Waals surface area contributed by atoms with Crippen molar-refractivity contribution < 1.29 is 14.3 Å². The topological polar surface area (TPSA) is 70.7 Å². The Morgan fingerprint density at radius 3 is 2.20 bits per heavy atom. The van der Waals surface area contributed by atoms with E-state index in [1.165, 1.54) is 6.92 Å². The standard InChI is InChI=1S/C24H31N3O3/c1-18-8-10-21(11-9-18)22(25-19(2)28)16-24(29)26-23(20-6-4-3-5-7-20)17-27-12-14-30-15-13-27/h3-11,22-23H,12-17H2,1-2H3,(H,25,28)(H,26,29). The number of morpholine rings is 1. The average molecular weight is 410 g/mol. The summed E-state index contributed by atoms with van der Waals surface area (Å²) in [6, 6.07) is 17.5. The maximum absolute atomic E-state index is 13.0. The summed E-state index contributed by atoms with van der Waals surface area (Å²) in [5.74, 6) is -0.238. The van der Waals surface area contributed by atoms with E-state index in [4.69, 9.17) is 4.74 Å². The summed E-state index contributed by atoms with van der Waals surface area (Å²) in [4.78, 5) is 27.0. The quantitative estimate of drug-likeness (QED) is 0.703. The van der Waals surface area contributed by atoms with Crippen molar-refractivity contribution in [1.29, 1.82) is 0 Å². The second-order valence-corrected chi connectivity index (χ2v) is 7.81. The summed E-state index contributed by atoms with van der Waals surface area (Å²) < 4.78 is 5.45. The zero-order valence-corrected chi connectivity index (χ0v) is 17.8. The summed E-state index contributed by atoms with van der Waals surface area (Å²) >= 11 is 0. The maximum Gasteiger partial charge on any atom is 0.222 e. The number of ether oxygens (including phenoxy) is 1. The molecule has 6 nitrogen and oxygen atoms in total. The molecule has 2 amide bonds. The number of nitrogens with zero attached hydrogens (tertiary/aromatic N) is 1. The summed E-state index contributed by atoms with van der Waals surface area (Å²) in [5, 5.41) is 6.11. The average Bonchev–Trinajstić information content (AvgIpc) is 2.74. The minimum atomic E-state index is -0.358. The molecule has 0 radical (unpaired) electrons. The van der Waals surface area contributed by atoms with Crippen LogP contribution in [0.2, 0.25) is 0 Å². The number of nitrogens with one attached hydrogen (secondary N) is 2. The van der Waals surface area contributed by atoms with E-state index in [1.807, 2.05) is 61.5 Å². The van der Waals surface area contributed by atoms with Crippen LogP contribution in [-0.2, 0) is 14.3 Å². The van der Waals surface area contributed by atoms with Gasteiger partial charge < -0.3 is 15.4 Å². The first-order valence-electron chi connectivity index (χ1n) is 10.5. The summed E-state index contributed by atoms with van der Waals surface area (Å²) in [7, 11) is 0. The van der Waals surface area contributed by atoms with Gasteiger partial charge in [-0.05, 0) is 18.1 Å². The molecule has 2 atom stereocenters. The first-order valence-corrected chi connectivity index (χ1v) is 10.5. The van der Waals surface area contributed by atoms with Crippen LogP contribution in [0.1, 0.15) is 42.1 Å². The van der Waals surface area contributed by atoms with E-state index in [-0.39, 0.29) is 30.3 Å². The summed E-state index contributed by atoms with van der Waals surface area (Å²) in [6.45, 7) is 7.37. The van der Waals surface area contributed by atoms with E-state index in [9.17, 15) is 9.59 Å². The summed E-state index contributed by atoms with van der Waals surface area (Å²) in [6.07, 6.45) is 0.190. The molecule has 1 saturated heterocycles. The SMILES string of the molecule is CC(=O)NC(CC(=O)NC(CN1CCOCC1)c1ccccc1)c1ccc(C)cc1. The molecule has 30 heavy (non-hydrogen) atoms. The molecule has 2 N–H and O–H groups in total. The van der Waals surface area contributed by atoms with E-state index < -0.39 is 0 Å². The van der Waals surface area contributed by atoms with Crippen LogP contribution in [0.3, 0.4) is 0 Å². The predicted octanol–water partition coefficient (Wildman–Crippen LogP) is 2.75. The third kappa shape index (κ3) is 6.68. The first-order chi connectivity index (χ1) is 14.5. The van der Waals surface area contributed by atoms with E-state index in [0.717, 1.165) is 36.3 Å². The van der Waals surface area contributed by atoms with Gasteiger partial charge in [0, 0.05) is 26.6 Å². The molecule has 3 rings (SSSR count). The monoisotopic (exact) mass is 409 g/mol. The Morgan fingerprint density at radius 2 is 1.57 bits per heavy atom. The molecule has 0 aliphatic carbocycles. The zero-order chi connectivity index (χ0) is 21.3. The number of benzene rings is 2. The van der Waals surface area contributed by atoms with Gasteiger partial charge in [-0.25, -0.2) is 0 Å². The third-order valence-corrected chi connectivity index (χ3v) is 5.33. The molecule has 2 unspecified atom stereocenters. The van der Waals surface area contributed by atoms with Gasteiger partial charge in [-0.2, -0.15) is 0 Å². The highest BCUT2D eigenvalue weighted by Gasteiger charge is 2.23. The van der Waals surface area contributed by atoms with E-state index >= 15 is 0 Å². The van der Waals surface area contributed by atoms with Crippen molar-refractivity contribution in [2.45, 2.75) is 32.4 Å². The van der Waals surface area contributed by atoms with Crippen molar-refractivity contribution in [3.63, 3.8) is 0 Å². The van der Waals surface area contributed by atoms with Gasteiger partial charge in [0.2, 0.25) is 11.8 Å². The Morgan fingerprint density at radius 1 is 0.933 bits per heavy atom. The molecule has 6 heteroatoms. The number of carbonyl (C=O) groups excluding carboxylic acids is 2. The van der Waals surface area contributed by atoms with Crippen molar-refractivity contribution in [3.05, 3.63) is 71.3 Å². The van der Waals surface area contributed by atoms with E-state index in [0.29, 0.717) is 13.2 Å². The van der Waals surface area contributed by atoms with Gasteiger partial charge in [0.05, 0.1) is 31.7 Å². The lowest BCUT2D eigenvalue weighted by Crippen LogP contribution is -2.43. The van der Waals surface area contributed by atoms with Crippen molar-refractivity contribution in [1.82, 2.24) is 15.5 Å². The van der Waals surface area contributed by atoms with Gasteiger partial charge in [0.25, 0.3) is 0 Å². The van der Waals surface area contributed by atoms with Crippen molar-refractivity contribution in [2.75, 3.05) is 32.8 Å². The van der Waals surface area contributed by atoms with Crippen LogP contribution in [0.25, 0.3) is 0 Å². The molecule has 1 aliphatic heterocycles. The highest BCUT2D eigenvalue weighted by Crippen LogP contribution is 2.20. The lowest BCUT2D eigenvalue weighted by Gasteiger charge is -2.31. The fourth-order valence-corrected chi connectivity index (χ4v) is 3.70. The molecule has 0 aromatic heterocycles. The second kappa shape index (κ2) is 10.9. The number of aryl methyl sites for hydroxylation is 1. The smallest absolute Gasteiger partial charge is 0.222 e. The van der Waals surface area contributed by atoms with Crippen molar-refractivity contribution in [2.24, 2.45) is 0 Å². The number of carbonyl (C=O) groups is 2. The van der Waals surface area contributed by atoms with Gasteiger partial charge in [0.1, 0.15) is 0 Å². The Balaban J connectivity index is 1.70. The predicted molar refractivity (Wildman–Crippen MR) is 117 cm³/mol. The lowest BCUT2D eigenvalue weighted by molar-refractivity contribution is -0.123. The highest BCUT2D eigenvalue weighted by atomic mass is 16.5. The van der Waals surface area contributed by atoms with Gasteiger partial charge in [-0.3, -0.25) is 14.5 Å². The van der Waals surface area contributed by atoms with Crippen LogP contribution in [0.4, 0.5) is 0 Å². The molecule has 1 aliphatic rings. The Labute approximate surface area is 178 Å². The van der Waals surface area contributed by atoms with Crippen LogP contribution in [0.5, 0.6) is 0 Å². The van der Waals surface area contributed by atoms with Gasteiger partial charge in [-0.1, -0.05) is 60.2 Å². The number of hydrogen-bond donors (Lipinski definition) is 2. The first kappa shape index (κ1) is 22.0. The minimum absolute atomic E-state index is 0.0866. The van der Waals surface area contributed by atoms with E-state index in [2.05, 4.69) is 15.5 Å². The van der Waals surface area contributed by atoms with E-state index in [1.54, 1.807) is 0 Å². The molecule has 0 spiro atoms. The zero-order valence-electron chi connectivity index (χ0n) is 17.8.